The van der Waals surface area contributed by atoms with Crippen LogP contribution in [0.25, 0.3) is 11.1 Å². The summed E-state index contributed by atoms with van der Waals surface area (Å²) >= 11 is 0. The van der Waals surface area contributed by atoms with Crippen molar-refractivity contribution in [3.63, 3.8) is 0 Å². The number of benzene rings is 2. The van der Waals surface area contributed by atoms with Crippen molar-refractivity contribution in [2.45, 2.75) is 26.2 Å². The van der Waals surface area contributed by atoms with Crippen molar-refractivity contribution in [1.82, 2.24) is 10.3 Å². The normalized spacial score (nSPS) is 11.7. The molecule has 0 aliphatic heterocycles. The summed E-state index contributed by atoms with van der Waals surface area (Å²) in [6.07, 6.45) is 4.33. The Hall–Kier alpha value is -3.52. The van der Waals surface area contributed by atoms with Crippen LogP contribution in [0.15, 0.2) is 67.0 Å². The number of nitrogens with zero attached hydrogens (tertiary/aromatic N) is 1. The largest absolute Gasteiger partial charge is 0.456 e. The number of nitrogens with one attached hydrogen (secondary N) is 2. The first-order chi connectivity index (χ1) is 14.1. The SMILES string of the molecule is CC(C)CC(C(=O)NCC#N)c1cccc(-c2cccc(Oc3cc[nH]c3)c2)c1. The third-order valence-corrected chi connectivity index (χ3v) is 4.63. The molecule has 1 amide bonds. The van der Waals surface area contributed by atoms with Crippen molar-refractivity contribution in [3.05, 3.63) is 72.6 Å². The van der Waals surface area contributed by atoms with Crippen LogP contribution in [-0.4, -0.2) is 17.4 Å². The third-order valence-electron chi connectivity index (χ3n) is 4.63. The molecule has 3 rings (SSSR count). The van der Waals surface area contributed by atoms with Crippen molar-refractivity contribution < 1.29 is 9.53 Å². The van der Waals surface area contributed by atoms with Gasteiger partial charge in [0.05, 0.1) is 12.0 Å². The van der Waals surface area contributed by atoms with Crippen LogP contribution in [0.5, 0.6) is 11.5 Å². The van der Waals surface area contributed by atoms with Gasteiger partial charge in [-0.3, -0.25) is 4.79 Å². The number of carbonyl (C=O) groups excluding carboxylic acids is 1. The average molecular weight is 387 g/mol. The highest BCUT2D eigenvalue weighted by atomic mass is 16.5. The summed E-state index contributed by atoms with van der Waals surface area (Å²) in [5.74, 6) is 1.46. The second kappa shape index (κ2) is 9.61. The van der Waals surface area contributed by atoms with E-state index < -0.39 is 0 Å². The smallest absolute Gasteiger partial charge is 0.228 e. The maximum absolute atomic E-state index is 12.6. The minimum atomic E-state index is -0.289. The van der Waals surface area contributed by atoms with Crippen LogP contribution in [-0.2, 0) is 4.79 Å². The van der Waals surface area contributed by atoms with E-state index in [1.165, 1.54) is 0 Å². The van der Waals surface area contributed by atoms with E-state index >= 15 is 0 Å². The number of aromatic amines is 1. The minimum Gasteiger partial charge on any atom is -0.456 e. The van der Waals surface area contributed by atoms with E-state index in [4.69, 9.17) is 10.00 Å². The average Bonchev–Trinajstić information content (AvgIpc) is 3.23. The first kappa shape index (κ1) is 20.2. The minimum absolute atomic E-state index is 0.0195. The number of rotatable bonds is 8. The lowest BCUT2D eigenvalue weighted by molar-refractivity contribution is -0.122. The second-order valence-electron chi connectivity index (χ2n) is 7.36. The molecule has 0 aliphatic carbocycles. The number of aromatic nitrogens is 1. The Morgan fingerprint density at radius 3 is 2.55 bits per heavy atom. The first-order valence-electron chi connectivity index (χ1n) is 9.72. The Morgan fingerprint density at radius 2 is 1.86 bits per heavy atom. The zero-order chi connectivity index (χ0) is 20.6. The van der Waals surface area contributed by atoms with Gasteiger partial charge in [-0.2, -0.15) is 5.26 Å². The Labute approximate surface area is 171 Å². The van der Waals surface area contributed by atoms with Gasteiger partial charge in [-0.25, -0.2) is 0 Å². The summed E-state index contributed by atoms with van der Waals surface area (Å²) in [7, 11) is 0. The van der Waals surface area contributed by atoms with Gasteiger partial charge in [0, 0.05) is 12.4 Å². The van der Waals surface area contributed by atoms with Gasteiger partial charge in [0.1, 0.15) is 18.0 Å². The molecule has 0 bridgehead atoms. The van der Waals surface area contributed by atoms with Crippen LogP contribution in [0.3, 0.4) is 0 Å². The number of hydrogen-bond acceptors (Lipinski definition) is 3. The summed E-state index contributed by atoms with van der Waals surface area (Å²) in [6.45, 7) is 4.21. The topological polar surface area (TPSA) is 77.9 Å². The van der Waals surface area contributed by atoms with Gasteiger partial charge in [-0.1, -0.05) is 50.2 Å². The third kappa shape index (κ3) is 5.49. The highest BCUT2D eigenvalue weighted by Crippen LogP contribution is 2.31. The first-order valence-corrected chi connectivity index (χ1v) is 9.72. The molecule has 0 saturated heterocycles. The van der Waals surface area contributed by atoms with Crippen LogP contribution in [0.2, 0.25) is 0 Å². The van der Waals surface area contributed by atoms with Crippen LogP contribution in [0, 0.1) is 17.2 Å². The van der Waals surface area contributed by atoms with Gasteiger partial charge in [-0.05, 0) is 47.2 Å². The molecule has 3 aromatic rings. The predicted octanol–water partition coefficient (Wildman–Crippen LogP) is 5.24. The highest BCUT2D eigenvalue weighted by molar-refractivity contribution is 5.84. The van der Waals surface area contributed by atoms with Crippen molar-refractivity contribution in [2.24, 2.45) is 5.92 Å². The Kier molecular flexibility index (Phi) is 6.70. The molecule has 148 valence electrons. The molecular weight excluding hydrogens is 362 g/mol. The highest BCUT2D eigenvalue weighted by Gasteiger charge is 2.22. The number of H-pyrrole nitrogens is 1. The van der Waals surface area contributed by atoms with E-state index in [9.17, 15) is 4.79 Å². The van der Waals surface area contributed by atoms with Gasteiger partial charge in [0.15, 0.2) is 0 Å². The van der Waals surface area contributed by atoms with Crippen LogP contribution < -0.4 is 10.1 Å². The monoisotopic (exact) mass is 387 g/mol. The lowest BCUT2D eigenvalue weighted by Gasteiger charge is -2.19. The summed E-state index contributed by atoms with van der Waals surface area (Å²) in [6, 6.07) is 19.7. The molecule has 1 unspecified atom stereocenters. The Balaban J connectivity index is 1.87. The van der Waals surface area contributed by atoms with Gasteiger partial charge in [0.2, 0.25) is 5.91 Å². The fourth-order valence-corrected chi connectivity index (χ4v) is 3.30. The van der Waals surface area contributed by atoms with E-state index in [0.717, 1.165) is 34.6 Å². The van der Waals surface area contributed by atoms with Crippen LogP contribution in [0.1, 0.15) is 31.7 Å². The molecule has 2 N–H and O–H groups in total. The van der Waals surface area contributed by atoms with E-state index in [2.05, 4.69) is 30.2 Å². The molecule has 0 aliphatic rings. The number of amides is 1. The maximum Gasteiger partial charge on any atom is 0.228 e. The number of nitriles is 1. The molecule has 1 heterocycles. The standard InChI is InChI=1S/C24H25N3O2/c1-17(2)13-23(24(28)27-12-10-25)20-7-3-5-18(14-20)19-6-4-8-21(15-19)29-22-9-11-26-16-22/h3-9,11,14-17,23,26H,12-13H2,1-2H3,(H,27,28). The van der Waals surface area contributed by atoms with E-state index in [1.807, 2.05) is 60.8 Å². The molecule has 1 aromatic heterocycles. The molecule has 0 saturated carbocycles. The summed E-state index contributed by atoms with van der Waals surface area (Å²) < 4.78 is 5.87. The number of ether oxygens (including phenoxy) is 1. The zero-order valence-electron chi connectivity index (χ0n) is 16.7. The van der Waals surface area contributed by atoms with Gasteiger partial charge in [0.25, 0.3) is 0 Å². The quantitative estimate of drug-likeness (QED) is 0.519. The number of carbonyl (C=O) groups is 1. The molecule has 5 nitrogen and oxygen atoms in total. The molecular formula is C24H25N3O2. The van der Waals surface area contributed by atoms with Gasteiger partial charge >= 0.3 is 0 Å². The Bertz CT molecular complexity index is 987. The molecule has 0 fully saturated rings. The maximum atomic E-state index is 12.6. The Morgan fingerprint density at radius 1 is 1.10 bits per heavy atom. The van der Waals surface area contributed by atoms with E-state index in [1.54, 1.807) is 6.20 Å². The van der Waals surface area contributed by atoms with Crippen molar-refractivity contribution in [1.29, 1.82) is 5.26 Å². The molecule has 5 heteroatoms. The van der Waals surface area contributed by atoms with E-state index in [-0.39, 0.29) is 18.4 Å². The van der Waals surface area contributed by atoms with E-state index in [0.29, 0.717) is 5.92 Å². The zero-order valence-corrected chi connectivity index (χ0v) is 16.7. The lowest BCUT2D eigenvalue weighted by Crippen LogP contribution is -2.30. The molecule has 0 radical (unpaired) electrons. The predicted molar refractivity (Wildman–Crippen MR) is 114 cm³/mol. The second-order valence-corrected chi connectivity index (χ2v) is 7.36. The summed E-state index contributed by atoms with van der Waals surface area (Å²) in [4.78, 5) is 15.6. The van der Waals surface area contributed by atoms with Crippen molar-refractivity contribution in [2.75, 3.05) is 6.54 Å². The molecule has 2 aromatic carbocycles. The van der Waals surface area contributed by atoms with Crippen LogP contribution >= 0.6 is 0 Å². The molecule has 0 spiro atoms. The molecule has 29 heavy (non-hydrogen) atoms. The summed E-state index contributed by atoms with van der Waals surface area (Å²) in [5, 5.41) is 11.5. The fourth-order valence-electron chi connectivity index (χ4n) is 3.30. The van der Waals surface area contributed by atoms with Crippen molar-refractivity contribution >= 4 is 5.91 Å². The summed E-state index contributed by atoms with van der Waals surface area (Å²) in [5.41, 5.74) is 2.98. The number of hydrogen-bond donors (Lipinski definition) is 2. The van der Waals surface area contributed by atoms with Crippen molar-refractivity contribution in [3.8, 4) is 28.7 Å². The lowest BCUT2D eigenvalue weighted by atomic mass is 9.88. The molecule has 1 atom stereocenters. The van der Waals surface area contributed by atoms with Gasteiger partial charge in [-0.15, -0.1) is 0 Å². The van der Waals surface area contributed by atoms with Gasteiger partial charge < -0.3 is 15.0 Å². The fraction of sp³-hybridized carbons (Fsp3) is 0.250. The van der Waals surface area contributed by atoms with Crippen LogP contribution in [0.4, 0.5) is 0 Å².